The Bertz CT molecular complexity index is 757. The average molecular weight is 359 g/mol. The van der Waals surface area contributed by atoms with E-state index in [0.717, 1.165) is 16.9 Å². The van der Waals surface area contributed by atoms with Crippen molar-refractivity contribution in [1.29, 1.82) is 0 Å². The molecule has 0 aliphatic heterocycles. The molecular formula is C18H21N3O5. The molecule has 2 aromatic rings. The van der Waals surface area contributed by atoms with E-state index in [-0.39, 0.29) is 5.88 Å². The van der Waals surface area contributed by atoms with Gasteiger partial charge < -0.3 is 30.5 Å². The summed E-state index contributed by atoms with van der Waals surface area (Å²) in [7, 11) is 1.62. The van der Waals surface area contributed by atoms with E-state index in [2.05, 4.69) is 0 Å². The number of carboxylic acids is 1. The fourth-order valence-corrected chi connectivity index (χ4v) is 2.12. The second kappa shape index (κ2) is 9.30. The number of methoxy groups -OCH3 is 1. The molecule has 8 nitrogen and oxygen atoms in total. The summed E-state index contributed by atoms with van der Waals surface area (Å²) in [5, 5.41) is 8.93. The van der Waals surface area contributed by atoms with Gasteiger partial charge in [0.05, 0.1) is 6.61 Å². The van der Waals surface area contributed by atoms with E-state index >= 15 is 0 Å². The van der Waals surface area contributed by atoms with Gasteiger partial charge in [-0.1, -0.05) is 24.3 Å². The highest BCUT2D eigenvalue weighted by Crippen LogP contribution is 2.25. The van der Waals surface area contributed by atoms with E-state index in [0.29, 0.717) is 19.0 Å². The third-order valence-corrected chi connectivity index (χ3v) is 3.43. The zero-order chi connectivity index (χ0) is 18.9. The van der Waals surface area contributed by atoms with Crippen molar-refractivity contribution in [2.75, 3.05) is 20.3 Å². The van der Waals surface area contributed by atoms with Crippen molar-refractivity contribution in [3.8, 4) is 22.6 Å². The summed E-state index contributed by atoms with van der Waals surface area (Å²) < 4.78 is 15.8. The minimum Gasteiger partial charge on any atom is -0.491 e. The van der Waals surface area contributed by atoms with Crippen molar-refractivity contribution < 1.29 is 24.1 Å². The van der Waals surface area contributed by atoms with Gasteiger partial charge in [-0.2, -0.15) is 0 Å². The number of carboxylic acid groups (broad SMARTS) is 1. The van der Waals surface area contributed by atoms with Gasteiger partial charge in [0.15, 0.2) is 5.70 Å². The van der Waals surface area contributed by atoms with E-state index in [9.17, 15) is 4.79 Å². The van der Waals surface area contributed by atoms with Gasteiger partial charge in [0.2, 0.25) is 5.88 Å². The fourth-order valence-electron chi connectivity index (χ4n) is 2.12. The number of rotatable bonds is 9. The molecule has 0 spiro atoms. The Labute approximate surface area is 150 Å². The molecule has 6 N–H and O–H groups in total. The molecule has 0 radical (unpaired) electrons. The number of nitrogens with one attached hydrogen (secondary N) is 1. The van der Waals surface area contributed by atoms with Crippen LogP contribution in [0.1, 0.15) is 0 Å². The molecule has 0 aromatic heterocycles. The number of hydrazine groups is 1. The van der Waals surface area contributed by atoms with Gasteiger partial charge in [-0.15, -0.1) is 0 Å². The fraction of sp³-hybridized carbons (Fsp3) is 0.167. The predicted octanol–water partition coefficient (Wildman–Crippen LogP) is 1.43. The second-order valence-corrected chi connectivity index (χ2v) is 5.18. The van der Waals surface area contributed by atoms with Crippen molar-refractivity contribution in [3.05, 3.63) is 60.1 Å². The summed E-state index contributed by atoms with van der Waals surface area (Å²) in [5.74, 6) is 4.63. The van der Waals surface area contributed by atoms with Crippen molar-refractivity contribution >= 4 is 5.97 Å². The first-order valence-corrected chi connectivity index (χ1v) is 7.75. The predicted molar refractivity (Wildman–Crippen MR) is 96.0 cm³/mol. The van der Waals surface area contributed by atoms with E-state index in [4.69, 9.17) is 30.9 Å². The van der Waals surface area contributed by atoms with Gasteiger partial charge in [-0.25, -0.2) is 4.79 Å². The number of nitrogens with two attached hydrogens (primary N) is 2. The third kappa shape index (κ3) is 5.13. The summed E-state index contributed by atoms with van der Waals surface area (Å²) in [6.45, 7) is 1.02. The van der Waals surface area contributed by atoms with Crippen LogP contribution in [0.2, 0.25) is 0 Å². The molecule has 0 aliphatic rings. The Morgan fingerprint density at radius 2 is 1.54 bits per heavy atom. The Kier molecular flexibility index (Phi) is 6.84. The Hall–Kier alpha value is -3.23. The van der Waals surface area contributed by atoms with Crippen LogP contribution in [-0.4, -0.2) is 31.4 Å². The lowest BCUT2D eigenvalue weighted by molar-refractivity contribution is -0.133. The number of hydrogen-bond donors (Lipinski definition) is 4. The van der Waals surface area contributed by atoms with E-state index < -0.39 is 11.7 Å². The van der Waals surface area contributed by atoms with Crippen LogP contribution in [0.4, 0.5) is 0 Å². The molecule has 0 amide bonds. The molecule has 0 fully saturated rings. The summed E-state index contributed by atoms with van der Waals surface area (Å²) in [6.07, 6.45) is 0. The molecule has 138 valence electrons. The molecular weight excluding hydrogens is 338 g/mol. The van der Waals surface area contributed by atoms with Gasteiger partial charge in [-0.3, -0.25) is 5.84 Å². The molecule has 0 heterocycles. The summed E-state index contributed by atoms with van der Waals surface area (Å²) in [4.78, 5) is 10.9. The molecule has 0 aliphatic carbocycles. The minimum atomic E-state index is -1.31. The lowest BCUT2D eigenvalue weighted by atomic mass is 10.1. The smallest absolute Gasteiger partial charge is 0.358 e. The van der Waals surface area contributed by atoms with Crippen LogP contribution >= 0.6 is 0 Å². The van der Waals surface area contributed by atoms with Crippen LogP contribution in [-0.2, 0) is 9.53 Å². The highest BCUT2D eigenvalue weighted by atomic mass is 16.5. The van der Waals surface area contributed by atoms with Gasteiger partial charge in [-0.05, 0) is 35.4 Å². The van der Waals surface area contributed by atoms with Crippen LogP contribution in [0.5, 0.6) is 11.5 Å². The lowest BCUT2D eigenvalue weighted by Crippen LogP contribution is -2.31. The molecule has 0 saturated heterocycles. The molecule has 0 bridgehead atoms. The lowest BCUT2D eigenvalue weighted by Gasteiger charge is -2.10. The maximum Gasteiger partial charge on any atom is 0.358 e. The number of hydrogen-bond acceptors (Lipinski definition) is 7. The van der Waals surface area contributed by atoms with Crippen molar-refractivity contribution in [2.45, 2.75) is 0 Å². The van der Waals surface area contributed by atoms with Crippen LogP contribution in [0.25, 0.3) is 11.1 Å². The Balaban J connectivity index is 2.06. The monoisotopic (exact) mass is 359 g/mol. The maximum atomic E-state index is 10.9. The third-order valence-electron chi connectivity index (χ3n) is 3.43. The van der Waals surface area contributed by atoms with Crippen LogP contribution in [0.3, 0.4) is 0 Å². The molecule has 2 rings (SSSR count). The SMILES string of the molecule is COCCOc1ccc(-c2ccc(O/C(N)=C(/NN)C(=O)O)cc2)cc1. The van der Waals surface area contributed by atoms with Crippen molar-refractivity contribution in [1.82, 2.24) is 5.43 Å². The van der Waals surface area contributed by atoms with E-state index in [1.54, 1.807) is 19.2 Å². The van der Waals surface area contributed by atoms with Gasteiger partial charge in [0, 0.05) is 7.11 Å². The first kappa shape index (κ1) is 19.1. The minimum absolute atomic E-state index is 0.328. The maximum absolute atomic E-state index is 10.9. The zero-order valence-corrected chi connectivity index (χ0v) is 14.3. The molecule has 26 heavy (non-hydrogen) atoms. The van der Waals surface area contributed by atoms with Gasteiger partial charge in [0.25, 0.3) is 0 Å². The highest BCUT2D eigenvalue weighted by Gasteiger charge is 2.13. The molecule has 8 heteroatoms. The zero-order valence-electron chi connectivity index (χ0n) is 14.3. The Morgan fingerprint density at radius 1 is 1.00 bits per heavy atom. The quantitative estimate of drug-likeness (QED) is 0.174. The van der Waals surface area contributed by atoms with E-state index in [1.807, 2.05) is 41.8 Å². The summed E-state index contributed by atoms with van der Waals surface area (Å²) in [6, 6.07) is 14.7. The molecule has 0 saturated carbocycles. The molecule has 2 aromatic carbocycles. The second-order valence-electron chi connectivity index (χ2n) is 5.18. The molecule has 0 unspecified atom stereocenters. The largest absolute Gasteiger partial charge is 0.491 e. The number of ether oxygens (including phenoxy) is 3. The number of carbonyl (C=O) groups is 1. The van der Waals surface area contributed by atoms with Gasteiger partial charge >= 0.3 is 5.97 Å². The van der Waals surface area contributed by atoms with Crippen LogP contribution in [0.15, 0.2) is 60.1 Å². The number of benzene rings is 2. The first-order valence-electron chi connectivity index (χ1n) is 7.75. The average Bonchev–Trinajstić information content (AvgIpc) is 2.63. The summed E-state index contributed by atoms with van der Waals surface area (Å²) >= 11 is 0. The van der Waals surface area contributed by atoms with E-state index in [1.165, 1.54) is 0 Å². The van der Waals surface area contributed by atoms with Crippen LogP contribution < -0.4 is 26.5 Å². The van der Waals surface area contributed by atoms with Crippen LogP contribution in [0, 0.1) is 0 Å². The van der Waals surface area contributed by atoms with Crippen molar-refractivity contribution in [3.63, 3.8) is 0 Å². The normalized spacial score (nSPS) is 11.5. The standard InChI is InChI=1S/C18H21N3O5/c1-24-10-11-25-14-6-2-12(3-7-14)13-4-8-15(9-5-13)26-17(19)16(21-20)18(22)23/h2-9,21H,10-11,19-20H2,1H3,(H,22,23)/b17-16+. The highest BCUT2D eigenvalue weighted by molar-refractivity contribution is 5.86. The van der Waals surface area contributed by atoms with Crippen molar-refractivity contribution in [2.24, 2.45) is 11.6 Å². The first-order chi connectivity index (χ1) is 12.5. The Morgan fingerprint density at radius 3 is 2.00 bits per heavy atom. The topological polar surface area (TPSA) is 129 Å². The molecule has 0 atom stereocenters. The summed E-state index contributed by atoms with van der Waals surface area (Å²) in [5.41, 5.74) is 9.11. The van der Waals surface area contributed by atoms with Gasteiger partial charge in [0.1, 0.15) is 18.1 Å². The number of aliphatic carboxylic acids is 1.